The smallest absolute Gasteiger partial charge is 0.241 e. The standard InChI is InChI=1S/C11H17BrN2O4S2/c1-8(13-2)7-14-20(17,18)11-5-4-9(6-10(11)12)19(3,15)16/h4-6,8,13-14H,7H2,1-3H3. The third-order valence-electron chi connectivity index (χ3n) is 2.69. The van der Waals surface area contributed by atoms with Gasteiger partial charge in [-0.05, 0) is 48.1 Å². The normalized spacial score (nSPS) is 14.2. The van der Waals surface area contributed by atoms with Gasteiger partial charge in [0.05, 0.1) is 9.79 Å². The molecule has 1 aromatic rings. The maximum absolute atomic E-state index is 12.1. The highest BCUT2D eigenvalue weighted by molar-refractivity contribution is 9.10. The fourth-order valence-corrected chi connectivity index (χ4v) is 4.35. The summed E-state index contributed by atoms with van der Waals surface area (Å²) in [7, 11) is -5.33. The molecule has 0 heterocycles. The van der Waals surface area contributed by atoms with Gasteiger partial charge in [0, 0.05) is 23.3 Å². The predicted molar refractivity (Wildman–Crippen MR) is 81.0 cm³/mol. The van der Waals surface area contributed by atoms with Crippen LogP contribution in [0.4, 0.5) is 0 Å². The van der Waals surface area contributed by atoms with Gasteiger partial charge >= 0.3 is 0 Å². The molecular weight excluding hydrogens is 368 g/mol. The van der Waals surface area contributed by atoms with Gasteiger partial charge in [0.1, 0.15) is 0 Å². The first-order valence-corrected chi connectivity index (χ1v) is 9.91. The molecule has 1 rings (SSSR count). The van der Waals surface area contributed by atoms with Crippen molar-refractivity contribution in [3.8, 4) is 0 Å². The van der Waals surface area contributed by atoms with E-state index in [4.69, 9.17) is 0 Å². The van der Waals surface area contributed by atoms with Crippen LogP contribution in [0.2, 0.25) is 0 Å². The summed E-state index contributed by atoms with van der Waals surface area (Å²) in [6, 6.07) is 3.81. The SMILES string of the molecule is CNC(C)CNS(=O)(=O)c1ccc(S(C)(=O)=O)cc1Br. The van der Waals surface area contributed by atoms with Crippen molar-refractivity contribution in [1.82, 2.24) is 10.0 Å². The molecule has 0 bridgehead atoms. The number of nitrogens with one attached hydrogen (secondary N) is 2. The number of likely N-dealkylation sites (N-methyl/N-ethyl adjacent to an activating group) is 1. The van der Waals surface area contributed by atoms with Crippen molar-refractivity contribution in [2.75, 3.05) is 19.8 Å². The average molecular weight is 385 g/mol. The summed E-state index contributed by atoms with van der Waals surface area (Å²) in [5.41, 5.74) is 0. The lowest BCUT2D eigenvalue weighted by Crippen LogP contribution is -2.37. The van der Waals surface area contributed by atoms with E-state index >= 15 is 0 Å². The fraction of sp³-hybridized carbons (Fsp3) is 0.455. The van der Waals surface area contributed by atoms with E-state index in [1.54, 1.807) is 7.05 Å². The van der Waals surface area contributed by atoms with Gasteiger partial charge in [-0.25, -0.2) is 21.6 Å². The highest BCUT2D eigenvalue weighted by atomic mass is 79.9. The maximum atomic E-state index is 12.1. The van der Waals surface area contributed by atoms with Gasteiger partial charge in [0.15, 0.2) is 9.84 Å². The summed E-state index contributed by atoms with van der Waals surface area (Å²) in [5, 5.41) is 2.91. The van der Waals surface area contributed by atoms with Crippen LogP contribution in [0.5, 0.6) is 0 Å². The molecule has 0 aliphatic heterocycles. The minimum absolute atomic E-state index is 0.00760. The molecule has 0 saturated carbocycles. The molecule has 0 amide bonds. The number of sulfone groups is 1. The zero-order valence-electron chi connectivity index (χ0n) is 11.3. The lowest BCUT2D eigenvalue weighted by molar-refractivity contribution is 0.553. The minimum Gasteiger partial charge on any atom is -0.316 e. The Bertz CT molecular complexity index is 686. The molecule has 0 aromatic heterocycles. The van der Waals surface area contributed by atoms with Crippen LogP contribution >= 0.6 is 15.9 Å². The highest BCUT2D eigenvalue weighted by Gasteiger charge is 2.20. The summed E-state index contributed by atoms with van der Waals surface area (Å²) in [4.78, 5) is 0.0696. The quantitative estimate of drug-likeness (QED) is 0.754. The lowest BCUT2D eigenvalue weighted by Gasteiger charge is -2.13. The maximum Gasteiger partial charge on any atom is 0.241 e. The molecule has 114 valence electrons. The molecular formula is C11H17BrN2O4S2. The molecule has 1 aromatic carbocycles. The summed E-state index contributed by atoms with van der Waals surface area (Å²) in [6.45, 7) is 2.07. The number of rotatable bonds is 6. The number of sulfonamides is 1. The van der Waals surface area contributed by atoms with E-state index in [1.165, 1.54) is 18.2 Å². The Kier molecular flexibility index (Phi) is 5.73. The molecule has 0 fully saturated rings. The van der Waals surface area contributed by atoms with E-state index in [0.717, 1.165) is 6.26 Å². The summed E-state index contributed by atoms with van der Waals surface area (Å²) in [5.74, 6) is 0. The van der Waals surface area contributed by atoms with Crippen molar-refractivity contribution < 1.29 is 16.8 Å². The number of benzene rings is 1. The first-order chi connectivity index (χ1) is 9.08. The molecule has 2 N–H and O–H groups in total. The second kappa shape index (κ2) is 6.52. The van der Waals surface area contributed by atoms with Crippen LogP contribution in [-0.2, 0) is 19.9 Å². The van der Waals surface area contributed by atoms with Crippen molar-refractivity contribution >= 4 is 35.8 Å². The second-order valence-electron chi connectivity index (χ2n) is 4.41. The van der Waals surface area contributed by atoms with Crippen LogP contribution in [0.3, 0.4) is 0 Å². The van der Waals surface area contributed by atoms with Crippen molar-refractivity contribution in [3.63, 3.8) is 0 Å². The third kappa shape index (κ3) is 4.52. The van der Waals surface area contributed by atoms with Gasteiger partial charge in [-0.1, -0.05) is 0 Å². The molecule has 0 aliphatic rings. The van der Waals surface area contributed by atoms with Crippen LogP contribution in [0.15, 0.2) is 32.5 Å². The summed E-state index contributed by atoms with van der Waals surface area (Å²) in [6.07, 6.45) is 1.07. The van der Waals surface area contributed by atoms with Crippen molar-refractivity contribution in [2.45, 2.75) is 22.8 Å². The van der Waals surface area contributed by atoms with Crippen LogP contribution in [0, 0.1) is 0 Å². The van der Waals surface area contributed by atoms with Gasteiger partial charge in [0.25, 0.3) is 0 Å². The Morgan fingerprint density at radius 2 is 1.85 bits per heavy atom. The van der Waals surface area contributed by atoms with Gasteiger partial charge in [-0.3, -0.25) is 0 Å². The largest absolute Gasteiger partial charge is 0.316 e. The fourth-order valence-electron chi connectivity index (χ4n) is 1.34. The molecule has 9 heteroatoms. The van der Waals surface area contributed by atoms with E-state index in [2.05, 4.69) is 26.0 Å². The Morgan fingerprint density at radius 3 is 2.30 bits per heavy atom. The molecule has 1 unspecified atom stereocenters. The first kappa shape index (κ1) is 17.6. The summed E-state index contributed by atoms with van der Waals surface area (Å²) < 4.78 is 49.7. The Labute approximate surface area is 128 Å². The number of hydrogen-bond acceptors (Lipinski definition) is 5. The predicted octanol–water partition coefficient (Wildman–Crippen LogP) is 0.739. The van der Waals surface area contributed by atoms with Crippen LogP contribution in [-0.4, -0.2) is 42.7 Å². The second-order valence-corrected chi connectivity index (χ2v) is 9.01. The minimum atomic E-state index is -3.69. The molecule has 6 nitrogen and oxygen atoms in total. The molecule has 20 heavy (non-hydrogen) atoms. The Balaban J connectivity index is 3.08. The average Bonchev–Trinajstić information content (AvgIpc) is 2.34. The van der Waals surface area contributed by atoms with Crippen LogP contribution < -0.4 is 10.0 Å². The van der Waals surface area contributed by atoms with E-state index in [9.17, 15) is 16.8 Å². The van der Waals surface area contributed by atoms with Crippen molar-refractivity contribution in [2.24, 2.45) is 0 Å². The number of halogens is 1. The molecule has 0 spiro atoms. The Hall–Kier alpha value is -0.480. The zero-order chi connectivity index (χ0) is 15.6. The van der Waals surface area contributed by atoms with Crippen LogP contribution in [0.25, 0.3) is 0 Å². The first-order valence-electron chi connectivity index (χ1n) is 5.74. The topological polar surface area (TPSA) is 92.3 Å². The van der Waals surface area contributed by atoms with Crippen molar-refractivity contribution in [3.05, 3.63) is 22.7 Å². The van der Waals surface area contributed by atoms with E-state index in [-0.39, 0.29) is 26.9 Å². The highest BCUT2D eigenvalue weighted by Crippen LogP contribution is 2.25. The monoisotopic (exact) mass is 384 g/mol. The van der Waals surface area contributed by atoms with Gasteiger partial charge < -0.3 is 5.32 Å². The van der Waals surface area contributed by atoms with Crippen molar-refractivity contribution in [1.29, 1.82) is 0 Å². The summed E-state index contributed by atoms with van der Waals surface area (Å²) >= 11 is 3.10. The lowest BCUT2D eigenvalue weighted by atomic mass is 10.4. The third-order valence-corrected chi connectivity index (χ3v) is 6.20. The molecule has 0 aliphatic carbocycles. The van der Waals surface area contributed by atoms with Gasteiger partial charge in [-0.2, -0.15) is 0 Å². The number of hydrogen-bond donors (Lipinski definition) is 2. The zero-order valence-corrected chi connectivity index (χ0v) is 14.6. The van der Waals surface area contributed by atoms with E-state index in [1.807, 2.05) is 6.92 Å². The van der Waals surface area contributed by atoms with Gasteiger partial charge in [-0.15, -0.1) is 0 Å². The molecule has 0 saturated heterocycles. The molecule has 1 atom stereocenters. The van der Waals surface area contributed by atoms with E-state index < -0.39 is 19.9 Å². The molecule has 0 radical (unpaired) electrons. The Morgan fingerprint density at radius 1 is 1.25 bits per heavy atom. The van der Waals surface area contributed by atoms with Crippen LogP contribution in [0.1, 0.15) is 6.92 Å². The van der Waals surface area contributed by atoms with E-state index in [0.29, 0.717) is 0 Å². The van der Waals surface area contributed by atoms with Gasteiger partial charge in [0.2, 0.25) is 10.0 Å².